The Labute approximate surface area is 190 Å². The van der Waals surface area contributed by atoms with Crippen molar-refractivity contribution in [1.82, 2.24) is 24.7 Å². The Morgan fingerprint density at radius 2 is 2.03 bits per heavy atom. The number of pyridine rings is 1. The first kappa shape index (κ1) is 21.4. The fourth-order valence-electron chi connectivity index (χ4n) is 3.85. The Bertz CT molecular complexity index is 1220. The molecule has 2 N–H and O–H groups in total. The number of ether oxygens (including phenoxy) is 3. The van der Waals surface area contributed by atoms with E-state index in [-0.39, 0.29) is 12.5 Å². The molecule has 0 spiro atoms. The Morgan fingerprint density at radius 3 is 2.82 bits per heavy atom. The number of benzene rings is 1. The normalized spacial score (nSPS) is 14.3. The number of morpholine rings is 1. The summed E-state index contributed by atoms with van der Waals surface area (Å²) in [6.45, 7) is 4.15. The maximum Gasteiger partial charge on any atom is 0.162 e. The number of nitrogens with zero attached hydrogens (tertiary/aromatic N) is 5. The second-order valence-electron chi connectivity index (χ2n) is 7.88. The van der Waals surface area contributed by atoms with Crippen molar-refractivity contribution in [2.75, 3.05) is 45.1 Å². The van der Waals surface area contributed by atoms with Crippen molar-refractivity contribution in [3.8, 4) is 17.1 Å². The van der Waals surface area contributed by atoms with Crippen LogP contribution in [0.2, 0.25) is 0 Å². The number of phenols is 1. The number of hydrogen-bond acceptors (Lipinski definition) is 8. The molecule has 0 unspecified atom stereocenters. The summed E-state index contributed by atoms with van der Waals surface area (Å²) in [5.74, 6) is 1.52. The molecular formula is C23H26N6O4. The fraction of sp³-hybridized carbons (Fsp3) is 0.348. The lowest BCUT2D eigenvalue weighted by molar-refractivity contribution is -0.0414. The van der Waals surface area contributed by atoms with E-state index in [1.165, 1.54) is 0 Å². The number of aromatic amines is 1. The van der Waals surface area contributed by atoms with E-state index in [4.69, 9.17) is 29.2 Å². The molecule has 33 heavy (non-hydrogen) atoms. The summed E-state index contributed by atoms with van der Waals surface area (Å²) in [6.07, 6.45) is 3.86. The minimum Gasteiger partial charge on any atom is -0.508 e. The van der Waals surface area contributed by atoms with Gasteiger partial charge < -0.3 is 24.2 Å². The molecule has 0 saturated carbocycles. The standard InChI is InChI=1S/C23H26N6O4/c1-31-15-33-14-18-13-29(27-18)12-16-9-20-21(24-11-16)23(28-5-7-32-8-6-28)26-22(25-20)17-3-2-4-19(30)10-17/h2-4,9-11,13,27,30H,5-8,12,14-15H2,1H3. The van der Waals surface area contributed by atoms with E-state index >= 15 is 0 Å². The second-order valence-corrected chi connectivity index (χ2v) is 7.88. The zero-order chi connectivity index (χ0) is 22.6. The number of H-pyrrole nitrogens is 1. The number of fused-ring (bicyclic) bond motifs is 1. The molecule has 1 saturated heterocycles. The highest BCUT2D eigenvalue weighted by atomic mass is 16.7. The van der Waals surface area contributed by atoms with Crippen molar-refractivity contribution in [3.05, 3.63) is 54.0 Å². The van der Waals surface area contributed by atoms with E-state index < -0.39 is 0 Å². The number of hydrogen-bond donors (Lipinski definition) is 2. The van der Waals surface area contributed by atoms with E-state index in [0.717, 1.165) is 46.8 Å². The smallest absolute Gasteiger partial charge is 0.162 e. The van der Waals surface area contributed by atoms with Gasteiger partial charge in [-0.25, -0.2) is 9.97 Å². The summed E-state index contributed by atoms with van der Waals surface area (Å²) in [6, 6.07) is 9.02. The molecule has 10 heteroatoms. The highest BCUT2D eigenvalue weighted by Crippen LogP contribution is 2.28. The zero-order valence-electron chi connectivity index (χ0n) is 18.4. The molecular weight excluding hydrogens is 424 g/mol. The molecule has 1 aliphatic rings. The Balaban J connectivity index is 1.46. The van der Waals surface area contributed by atoms with Gasteiger partial charge in [0.2, 0.25) is 0 Å². The number of aromatic nitrogens is 5. The van der Waals surface area contributed by atoms with E-state index in [1.54, 1.807) is 25.3 Å². The van der Waals surface area contributed by atoms with Crippen LogP contribution < -0.4 is 4.90 Å². The number of methoxy groups -OCH3 is 1. The van der Waals surface area contributed by atoms with Gasteiger partial charge in [-0.2, -0.15) is 0 Å². The van der Waals surface area contributed by atoms with Gasteiger partial charge in [-0.1, -0.05) is 12.1 Å². The van der Waals surface area contributed by atoms with Crippen LogP contribution in [0.5, 0.6) is 5.75 Å². The molecule has 0 amide bonds. The molecule has 0 atom stereocenters. The van der Waals surface area contributed by atoms with E-state index in [9.17, 15) is 5.11 Å². The quantitative estimate of drug-likeness (QED) is 0.311. The van der Waals surface area contributed by atoms with Gasteiger partial charge >= 0.3 is 0 Å². The second kappa shape index (κ2) is 9.57. The number of nitrogens with one attached hydrogen (secondary N) is 1. The van der Waals surface area contributed by atoms with Gasteiger partial charge in [-0.05, 0) is 23.8 Å². The Morgan fingerprint density at radius 1 is 1.18 bits per heavy atom. The summed E-state index contributed by atoms with van der Waals surface area (Å²) < 4.78 is 17.7. The summed E-state index contributed by atoms with van der Waals surface area (Å²) in [4.78, 5) is 16.5. The molecule has 10 nitrogen and oxygen atoms in total. The summed E-state index contributed by atoms with van der Waals surface area (Å²) in [7, 11) is 1.60. The van der Waals surface area contributed by atoms with Gasteiger partial charge in [0.15, 0.2) is 11.6 Å². The monoisotopic (exact) mass is 450 g/mol. The largest absolute Gasteiger partial charge is 0.508 e. The molecule has 0 radical (unpaired) electrons. The van der Waals surface area contributed by atoms with Crippen LogP contribution in [0.25, 0.3) is 22.4 Å². The lowest BCUT2D eigenvalue weighted by Crippen LogP contribution is -2.37. The van der Waals surface area contributed by atoms with Crippen LogP contribution in [0.1, 0.15) is 11.3 Å². The maximum atomic E-state index is 9.94. The molecule has 1 aromatic carbocycles. The third kappa shape index (κ3) is 4.82. The minimum absolute atomic E-state index is 0.178. The van der Waals surface area contributed by atoms with Crippen molar-refractivity contribution in [2.24, 2.45) is 0 Å². The summed E-state index contributed by atoms with van der Waals surface area (Å²) in [5, 5.41) is 13.2. The molecule has 4 heterocycles. The minimum atomic E-state index is 0.178. The molecule has 3 aromatic heterocycles. The van der Waals surface area contributed by atoms with Crippen LogP contribution in [-0.2, 0) is 27.4 Å². The first-order valence-electron chi connectivity index (χ1n) is 10.8. The van der Waals surface area contributed by atoms with Crippen LogP contribution in [0.3, 0.4) is 0 Å². The maximum absolute atomic E-state index is 9.94. The first-order valence-corrected chi connectivity index (χ1v) is 10.8. The van der Waals surface area contributed by atoms with E-state index in [0.29, 0.717) is 32.2 Å². The van der Waals surface area contributed by atoms with Gasteiger partial charge in [-0.15, -0.1) is 0 Å². The summed E-state index contributed by atoms with van der Waals surface area (Å²) >= 11 is 0. The average molecular weight is 450 g/mol. The van der Waals surface area contributed by atoms with Crippen LogP contribution in [-0.4, -0.2) is 70.0 Å². The zero-order valence-corrected chi connectivity index (χ0v) is 18.4. The van der Waals surface area contributed by atoms with Gasteiger partial charge in [0.25, 0.3) is 0 Å². The third-order valence-corrected chi connectivity index (χ3v) is 5.40. The highest BCUT2D eigenvalue weighted by molar-refractivity contribution is 5.88. The van der Waals surface area contributed by atoms with Gasteiger partial charge in [0.1, 0.15) is 18.1 Å². The number of phenolic OH excluding ortho intramolecular Hbond substituents is 1. The average Bonchev–Trinajstić information content (AvgIpc) is 2.82. The molecule has 1 aliphatic heterocycles. The lowest BCUT2D eigenvalue weighted by atomic mass is 10.1. The van der Waals surface area contributed by atoms with Crippen molar-refractivity contribution in [2.45, 2.75) is 13.2 Å². The molecule has 4 aromatic rings. The number of rotatable bonds is 8. The molecule has 5 rings (SSSR count). The predicted octanol–water partition coefficient (Wildman–Crippen LogP) is 2.53. The third-order valence-electron chi connectivity index (χ3n) is 5.40. The van der Waals surface area contributed by atoms with Crippen LogP contribution in [0.15, 0.2) is 42.7 Å². The van der Waals surface area contributed by atoms with Crippen molar-refractivity contribution < 1.29 is 19.3 Å². The van der Waals surface area contributed by atoms with Crippen LogP contribution in [0, 0.1) is 0 Å². The fourth-order valence-corrected chi connectivity index (χ4v) is 3.85. The predicted molar refractivity (Wildman–Crippen MR) is 122 cm³/mol. The molecule has 0 aliphatic carbocycles. The van der Waals surface area contributed by atoms with Gasteiger partial charge in [0, 0.05) is 38.2 Å². The molecule has 172 valence electrons. The van der Waals surface area contributed by atoms with E-state index in [1.807, 2.05) is 29.2 Å². The SMILES string of the molecule is COCOCc1cn(Cc2cnc3c(N4CCOCC4)nc(-c4cccc(O)c4)nc3c2)[nH]1. The van der Waals surface area contributed by atoms with Crippen molar-refractivity contribution in [1.29, 1.82) is 0 Å². The van der Waals surface area contributed by atoms with Gasteiger partial charge in [-0.3, -0.25) is 14.8 Å². The number of anilines is 1. The van der Waals surface area contributed by atoms with Crippen LogP contribution in [0.4, 0.5) is 5.82 Å². The van der Waals surface area contributed by atoms with Crippen LogP contribution >= 0.6 is 0 Å². The Hall–Kier alpha value is -3.47. The Kier molecular flexibility index (Phi) is 6.20. The van der Waals surface area contributed by atoms with Crippen molar-refractivity contribution >= 4 is 16.9 Å². The number of aromatic hydroxyl groups is 1. The van der Waals surface area contributed by atoms with Crippen molar-refractivity contribution in [3.63, 3.8) is 0 Å². The summed E-state index contributed by atoms with van der Waals surface area (Å²) in [5.41, 5.74) is 4.27. The van der Waals surface area contributed by atoms with E-state index in [2.05, 4.69) is 10.00 Å². The topological polar surface area (TPSA) is 111 Å². The molecule has 1 fully saturated rings. The van der Waals surface area contributed by atoms with Gasteiger partial charge in [0.05, 0.1) is 37.6 Å². The first-order chi connectivity index (χ1) is 16.2. The highest BCUT2D eigenvalue weighted by Gasteiger charge is 2.19. The lowest BCUT2D eigenvalue weighted by Gasteiger charge is -2.28. The molecule has 0 bridgehead atoms.